The Kier molecular flexibility index (Phi) is 10.9. The van der Waals surface area contributed by atoms with Gasteiger partial charge in [0.2, 0.25) is 11.7 Å². The van der Waals surface area contributed by atoms with E-state index in [9.17, 15) is 30.0 Å². The fraction of sp³-hybridized carbons (Fsp3) is 0.588. The third-order valence-electron chi connectivity index (χ3n) is 8.90. The molecule has 0 spiro atoms. The zero-order chi connectivity index (χ0) is 34.1. The minimum absolute atomic E-state index is 0.0569. The number of likely N-dealkylation sites (N-methyl/N-ethyl adjacent to an activating group) is 1. The predicted octanol–water partition coefficient (Wildman–Crippen LogP) is 2.17. The standard InChI is InChI=1S/C34H47ClN2O9/c1-31(2,30(42)36-14-15-37(5)6)19-24(38)13-16-44-25-10-7-21(8-11-25)17-22-18-23(9-12-26(22)35)34-29(41)27(39)28(40)33(46-34,20-45-34)32(3,4)43/h7-12,18,27-29,39-41,43H,13-17,19-20H2,1-6H3,(H,36,42)/t27-,28-,29+,33-,34-/m0/s1. The molecule has 2 heterocycles. The van der Waals surface area contributed by atoms with Crippen molar-refractivity contribution in [1.82, 2.24) is 10.2 Å². The van der Waals surface area contributed by atoms with Crippen LogP contribution in [-0.2, 0) is 31.3 Å². The minimum atomic E-state index is -1.82. The molecule has 4 rings (SSSR count). The van der Waals surface area contributed by atoms with Crippen LogP contribution >= 0.6 is 11.6 Å². The van der Waals surface area contributed by atoms with E-state index in [0.29, 0.717) is 34.9 Å². The zero-order valence-electron chi connectivity index (χ0n) is 27.4. The van der Waals surface area contributed by atoms with E-state index in [-0.39, 0.29) is 37.7 Å². The highest BCUT2D eigenvalue weighted by atomic mass is 35.5. The van der Waals surface area contributed by atoms with Gasteiger partial charge in [0.05, 0.1) is 24.2 Å². The number of nitrogens with one attached hydrogen (secondary N) is 1. The number of aliphatic hydroxyl groups is 4. The molecule has 2 aliphatic rings. The summed E-state index contributed by atoms with van der Waals surface area (Å²) < 4.78 is 17.9. The second-order valence-corrected chi connectivity index (χ2v) is 14.2. The Bertz CT molecular complexity index is 1390. The molecule has 5 N–H and O–H groups in total. The van der Waals surface area contributed by atoms with Gasteiger partial charge in [0.15, 0.2) is 5.60 Å². The van der Waals surface area contributed by atoms with E-state index in [4.69, 9.17) is 25.8 Å². The second kappa shape index (κ2) is 13.9. The Morgan fingerprint density at radius 2 is 1.74 bits per heavy atom. The molecule has 2 fully saturated rings. The number of hydrogen-bond acceptors (Lipinski definition) is 10. The Hall–Kier alpha value is -2.61. The Morgan fingerprint density at radius 1 is 1.07 bits per heavy atom. The van der Waals surface area contributed by atoms with Crippen LogP contribution in [0.1, 0.15) is 57.2 Å². The molecule has 0 radical (unpaired) electrons. The molecule has 2 bridgehead atoms. The number of hydrogen-bond donors (Lipinski definition) is 5. The average molecular weight is 663 g/mol. The summed E-state index contributed by atoms with van der Waals surface area (Å²) in [5.74, 6) is -1.44. The maximum atomic E-state index is 12.6. The summed E-state index contributed by atoms with van der Waals surface area (Å²) >= 11 is 6.55. The SMILES string of the molecule is CN(C)CCNC(=O)C(C)(C)CC(=O)CCOc1ccc(Cc2cc([C@]34OC[C@](C(C)(C)O)(O3)[C@@H](O)[C@H](O)[C@H]4O)ccc2Cl)cc1. The van der Waals surface area contributed by atoms with Gasteiger partial charge in [-0.2, -0.15) is 0 Å². The quantitative estimate of drug-likeness (QED) is 0.203. The van der Waals surface area contributed by atoms with Crippen molar-refractivity contribution in [3.63, 3.8) is 0 Å². The number of carbonyl (C=O) groups excluding carboxylic acids is 2. The fourth-order valence-corrected chi connectivity index (χ4v) is 6.10. The van der Waals surface area contributed by atoms with Crippen LogP contribution in [0.5, 0.6) is 5.75 Å². The number of halogens is 1. The van der Waals surface area contributed by atoms with E-state index < -0.39 is 40.7 Å². The zero-order valence-corrected chi connectivity index (χ0v) is 28.1. The summed E-state index contributed by atoms with van der Waals surface area (Å²) in [5.41, 5.74) is -2.09. The highest BCUT2D eigenvalue weighted by molar-refractivity contribution is 6.31. The number of ketones is 1. The monoisotopic (exact) mass is 662 g/mol. The van der Waals surface area contributed by atoms with Crippen molar-refractivity contribution in [2.75, 3.05) is 40.4 Å². The summed E-state index contributed by atoms with van der Waals surface area (Å²) in [7, 11) is 3.86. The summed E-state index contributed by atoms with van der Waals surface area (Å²) in [4.78, 5) is 27.1. The number of nitrogens with zero attached hydrogens (tertiary/aromatic N) is 1. The number of fused-ring (bicyclic) bond motifs is 2. The van der Waals surface area contributed by atoms with Crippen LogP contribution in [0.3, 0.4) is 0 Å². The van der Waals surface area contributed by atoms with Crippen molar-refractivity contribution in [3.05, 3.63) is 64.2 Å². The van der Waals surface area contributed by atoms with Crippen LogP contribution in [0.25, 0.3) is 0 Å². The minimum Gasteiger partial charge on any atom is -0.493 e. The van der Waals surface area contributed by atoms with E-state index in [1.54, 1.807) is 44.2 Å². The molecule has 2 aliphatic heterocycles. The average Bonchev–Trinajstić information content (AvgIpc) is 3.38. The van der Waals surface area contributed by atoms with Gasteiger partial charge in [0, 0.05) is 36.5 Å². The van der Waals surface area contributed by atoms with Crippen molar-refractivity contribution in [1.29, 1.82) is 0 Å². The maximum absolute atomic E-state index is 12.6. The van der Waals surface area contributed by atoms with Crippen LogP contribution in [0, 0.1) is 5.41 Å². The number of Topliss-reactive ketones (excluding diaryl/α,β-unsaturated/α-hetero) is 1. The van der Waals surface area contributed by atoms with Crippen molar-refractivity contribution < 1.29 is 44.2 Å². The van der Waals surface area contributed by atoms with Gasteiger partial charge in [-0.1, -0.05) is 43.6 Å². The van der Waals surface area contributed by atoms with Gasteiger partial charge >= 0.3 is 0 Å². The molecular formula is C34H47ClN2O9. The van der Waals surface area contributed by atoms with Crippen molar-refractivity contribution in [2.45, 2.75) is 82.3 Å². The lowest BCUT2D eigenvalue weighted by molar-refractivity contribution is -0.348. The third kappa shape index (κ3) is 7.42. The van der Waals surface area contributed by atoms with Crippen LogP contribution in [0.2, 0.25) is 5.02 Å². The van der Waals surface area contributed by atoms with Crippen LogP contribution in [-0.4, -0.2) is 107 Å². The van der Waals surface area contributed by atoms with Gasteiger partial charge in [-0.05, 0) is 69.8 Å². The third-order valence-corrected chi connectivity index (χ3v) is 9.27. The highest BCUT2D eigenvalue weighted by Gasteiger charge is 2.71. The number of carbonyl (C=O) groups is 2. The Labute approximate surface area is 275 Å². The second-order valence-electron chi connectivity index (χ2n) is 13.8. The van der Waals surface area contributed by atoms with E-state index in [0.717, 1.165) is 12.1 Å². The molecule has 2 saturated heterocycles. The molecule has 2 aromatic rings. The van der Waals surface area contributed by atoms with Crippen LogP contribution < -0.4 is 10.1 Å². The molecule has 1 amide bonds. The maximum Gasteiger partial charge on any atom is 0.226 e. The molecule has 5 atom stereocenters. The molecule has 46 heavy (non-hydrogen) atoms. The lowest BCUT2D eigenvalue weighted by Crippen LogP contribution is -2.70. The number of rotatable bonds is 14. The number of benzene rings is 2. The van der Waals surface area contributed by atoms with Gasteiger partial charge in [0.1, 0.15) is 29.8 Å². The highest BCUT2D eigenvalue weighted by Crippen LogP contribution is 2.53. The molecule has 2 aromatic carbocycles. The van der Waals surface area contributed by atoms with E-state index in [1.807, 2.05) is 31.1 Å². The Morgan fingerprint density at radius 3 is 2.37 bits per heavy atom. The van der Waals surface area contributed by atoms with Crippen LogP contribution in [0.4, 0.5) is 0 Å². The number of ether oxygens (including phenoxy) is 3. The first-order chi connectivity index (χ1) is 21.4. The van der Waals surface area contributed by atoms with Crippen LogP contribution in [0.15, 0.2) is 42.5 Å². The smallest absolute Gasteiger partial charge is 0.226 e. The first-order valence-corrected chi connectivity index (χ1v) is 15.9. The van der Waals surface area contributed by atoms with Gasteiger partial charge in [0.25, 0.3) is 0 Å². The molecule has 0 unspecified atom stereocenters. The number of aliphatic hydroxyl groups excluding tert-OH is 3. The topological polar surface area (TPSA) is 158 Å². The van der Waals surface area contributed by atoms with E-state index >= 15 is 0 Å². The molecular weight excluding hydrogens is 616 g/mol. The normalized spacial score (nSPS) is 26.3. The summed E-state index contributed by atoms with van der Waals surface area (Å²) in [6.07, 6.45) is -4.14. The van der Waals surface area contributed by atoms with Gasteiger partial charge < -0.3 is 44.9 Å². The summed E-state index contributed by atoms with van der Waals surface area (Å²) in [6.45, 7) is 7.60. The summed E-state index contributed by atoms with van der Waals surface area (Å²) in [6, 6.07) is 12.3. The first-order valence-electron chi connectivity index (χ1n) is 15.5. The first kappa shape index (κ1) is 36.2. The fourth-order valence-electron chi connectivity index (χ4n) is 5.91. The molecule has 0 aromatic heterocycles. The summed E-state index contributed by atoms with van der Waals surface area (Å²) in [5, 5.41) is 46.7. The van der Waals surface area contributed by atoms with Crippen molar-refractivity contribution >= 4 is 23.3 Å². The predicted molar refractivity (Wildman–Crippen MR) is 172 cm³/mol. The van der Waals surface area contributed by atoms with Crippen molar-refractivity contribution in [3.8, 4) is 5.75 Å². The van der Waals surface area contributed by atoms with Crippen molar-refractivity contribution in [2.24, 2.45) is 5.41 Å². The lowest BCUT2D eigenvalue weighted by atomic mass is 9.75. The largest absolute Gasteiger partial charge is 0.493 e. The van der Waals surface area contributed by atoms with Gasteiger partial charge in [-0.25, -0.2) is 0 Å². The number of amides is 1. The van der Waals surface area contributed by atoms with E-state index in [1.165, 1.54) is 13.8 Å². The molecule has 0 aliphatic carbocycles. The molecule has 254 valence electrons. The molecule has 12 heteroatoms. The molecule has 11 nitrogen and oxygen atoms in total. The van der Waals surface area contributed by atoms with E-state index in [2.05, 4.69) is 5.32 Å². The van der Waals surface area contributed by atoms with Gasteiger partial charge in [-0.3, -0.25) is 9.59 Å². The Balaban J connectivity index is 1.36. The van der Waals surface area contributed by atoms with Gasteiger partial charge in [-0.15, -0.1) is 0 Å². The molecule has 0 saturated carbocycles. The lowest BCUT2D eigenvalue weighted by Gasteiger charge is -2.50.